The fourth-order valence-corrected chi connectivity index (χ4v) is 3.79. The van der Waals surface area contributed by atoms with Crippen LogP contribution in [0.3, 0.4) is 0 Å². The van der Waals surface area contributed by atoms with Crippen molar-refractivity contribution in [2.75, 3.05) is 5.32 Å². The van der Waals surface area contributed by atoms with Crippen LogP contribution in [-0.4, -0.2) is 16.1 Å². The number of anilines is 1. The molecule has 1 aliphatic rings. The number of H-pyrrole nitrogens is 1. The Balaban J connectivity index is 1.68. The minimum Gasteiger partial charge on any atom is -0.309 e. The molecule has 5 rings (SSSR count). The van der Waals surface area contributed by atoms with Gasteiger partial charge in [-0.15, -0.1) is 0 Å². The number of aromatic amines is 1. The van der Waals surface area contributed by atoms with Gasteiger partial charge in [0.05, 0.1) is 5.69 Å². The molecule has 0 bridgehead atoms. The van der Waals surface area contributed by atoms with Crippen molar-refractivity contribution in [3.8, 4) is 11.3 Å². The Morgan fingerprint density at radius 3 is 2.50 bits per heavy atom. The zero-order valence-corrected chi connectivity index (χ0v) is 14.1. The fraction of sp³-hybridized carbons (Fsp3) is 0.0909. The van der Waals surface area contributed by atoms with Crippen LogP contribution in [0, 0.1) is 0 Å². The summed E-state index contributed by atoms with van der Waals surface area (Å²) in [7, 11) is 0. The highest BCUT2D eigenvalue weighted by Gasteiger charge is 2.32. The van der Waals surface area contributed by atoms with Crippen LogP contribution in [0.5, 0.6) is 0 Å². The van der Waals surface area contributed by atoms with E-state index in [9.17, 15) is 4.79 Å². The first-order valence-corrected chi connectivity index (χ1v) is 8.72. The molecule has 26 heavy (non-hydrogen) atoms. The van der Waals surface area contributed by atoms with Gasteiger partial charge >= 0.3 is 0 Å². The summed E-state index contributed by atoms with van der Waals surface area (Å²) >= 11 is 0. The molecular formula is C22H17N3O. The highest BCUT2D eigenvalue weighted by molar-refractivity contribution is 5.96. The Bertz CT molecular complexity index is 1110. The minimum absolute atomic E-state index is 0.00164. The van der Waals surface area contributed by atoms with Crippen molar-refractivity contribution < 1.29 is 4.79 Å². The number of benzene rings is 3. The lowest BCUT2D eigenvalue weighted by atomic mass is 9.84. The lowest BCUT2D eigenvalue weighted by Crippen LogP contribution is -2.23. The summed E-state index contributed by atoms with van der Waals surface area (Å²) in [6.45, 7) is 0. The zero-order chi connectivity index (χ0) is 17.5. The Kier molecular flexibility index (Phi) is 3.35. The van der Waals surface area contributed by atoms with Gasteiger partial charge in [0, 0.05) is 17.9 Å². The molecule has 3 aromatic carbocycles. The maximum absolute atomic E-state index is 12.3. The van der Waals surface area contributed by atoms with Crippen molar-refractivity contribution in [1.29, 1.82) is 0 Å². The molecule has 4 aromatic rings. The lowest BCUT2D eigenvalue weighted by molar-refractivity contribution is -0.116. The van der Waals surface area contributed by atoms with E-state index in [2.05, 4.69) is 58.0 Å². The Hall–Kier alpha value is -3.40. The number of hydrogen-bond donors (Lipinski definition) is 2. The monoisotopic (exact) mass is 339 g/mol. The van der Waals surface area contributed by atoms with Crippen molar-refractivity contribution in [2.45, 2.75) is 12.3 Å². The Labute approximate surface area is 150 Å². The maximum atomic E-state index is 12.3. The van der Waals surface area contributed by atoms with Crippen molar-refractivity contribution >= 4 is 22.5 Å². The molecule has 0 radical (unpaired) electrons. The van der Waals surface area contributed by atoms with Gasteiger partial charge in [-0.25, -0.2) is 0 Å². The second-order valence-corrected chi connectivity index (χ2v) is 6.64. The normalized spacial score (nSPS) is 16.3. The predicted molar refractivity (Wildman–Crippen MR) is 103 cm³/mol. The van der Waals surface area contributed by atoms with Gasteiger partial charge in [0.25, 0.3) is 0 Å². The molecule has 1 amide bonds. The SMILES string of the molecule is O=C1CC(c2ccc3ccccc3c2)c2c(n[nH]c2-c2ccccc2)N1. The van der Waals surface area contributed by atoms with E-state index in [1.54, 1.807) is 0 Å². The molecule has 0 aliphatic carbocycles. The van der Waals surface area contributed by atoms with Gasteiger partial charge in [-0.1, -0.05) is 72.8 Å². The maximum Gasteiger partial charge on any atom is 0.226 e. The van der Waals surface area contributed by atoms with E-state index >= 15 is 0 Å². The molecule has 2 heterocycles. The summed E-state index contributed by atoms with van der Waals surface area (Å²) in [6.07, 6.45) is 0.421. The van der Waals surface area contributed by atoms with Crippen LogP contribution in [0.15, 0.2) is 72.8 Å². The number of amides is 1. The number of nitrogens with one attached hydrogen (secondary N) is 2. The molecular weight excluding hydrogens is 322 g/mol. The molecule has 4 nitrogen and oxygen atoms in total. The van der Waals surface area contributed by atoms with Crippen LogP contribution < -0.4 is 5.32 Å². The van der Waals surface area contributed by atoms with Gasteiger partial charge in [-0.05, 0) is 21.9 Å². The third kappa shape index (κ3) is 2.39. The fourth-order valence-electron chi connectivity index (χ4n) is 3.79. The van der Waals surface area contributed by atoms with Crippen LogP contribution in [-0.2, 0) is 4.79 Å². The van der Waals surface area contributed by atoms with Crippen molar-refractivity contribution in [3.63, 3.8) is 0 Å². The number of aromatic nitrogens is 2. The lowest BCUT2D eigenvalue weighted by Gasteiger charge is -2.24. The quantitative estimate of drug-likeness (QED) is 0.556. The first kappa shape index (κ1) is 14.9. The summed E-state index contributed by atoms with van der Waals surface area (Å²) in [6, 6.07) is 24.8. The minimum atomic E-state index is -0.0164. The highest BCUT2D eigenvalue weighted by Crippen LogP contribution is 2.42. The number of carbonyl (C=O) groups is 1. The number of rotatable bonds is 2. The smallest absolute Gasteiger partial charge is 0.226 e. The van der Waals surface area contributed by atoms with Gasteiger partial charge in [-0.3, -0.25) is 9.89 Å². The van der Waals surface area contributed by atoms with E-state index in [-0.39, 0.29) is 11.8 Å². The molecule has 1 aliphatic heterocycles. The number of hydrogen-bond acceptors (Lipinski definition) is 2. The molecule has 0 saturated heterocycles. The molecule has 1 aromatic heterocycles. The molecule has 1 unspecified atom stereocenters. The largest absolute Gasteiger partial charge is 0.309 e. The van der Waals surface area contributed by atoms with Crippen molar-refractivity contribution in [3.05, 3.63) is 83.9 Å². The van der Waals surface area contributed by atoms with Crippen LogP contribution in [0.4, 0.5) is 5.82 Å². The van der Waals surface area contributed by atoms with Gasteiger partial charge in [0.15, 0.2) is 5.82 Å². The van der Waals surface area contributed by atoms with Crippen LogP contribution in [0.2, 0.25) is 0 Å². The first-order valence-electron chi connectivity index (χ1n) is 8.72. The zero-order valence-electron chi connectivity index (χ0n) is 14.1. The van der Waals surface area contributed by atoms with E-state index in [0.717, 1.165) is 22.4 Å². The van der Waals surface area contributed by atoms with Crippen molar-refractivity contribution in [1.82, 2.24) is 10.2 Å². The van der Waals surface area contributed by atoms with Crippen LogP contribution in [0.25, 0.3) is 22.0 Å². The van der Waals surface area contributed by atoms with Crippen LogP contribution >= 0.6 is 0 Å². The Morgan fingerprint density at radius 1 is 0.885 bits per heavy atom. The third-order valence-corrected chi connectivity index (χ3v) is 5.04. The van der Waals surface area contributed by atoms with Gasteiger partial charge in [0.2, 0.25) is 5.91 Å². The van der Waals surface area contributed by atoms with E-state index in [0.29, 0.717) is 12.2 Å². The molecule has 0 fully saturated rings. The molecule has 0 spiro atoms. The second-order valence-electron chi connectivity index (χ2n) is 6.64. The van der Waals surface area contributed by atoms with E-state index in [1.165, 1.54) is 10.8 Å². The summed E-state index contributed by atoms with van der Waals surface area (Å²) in [5.41, 5.74) is 4.24. The van der Waals surface area contributed by atoms with Gasteiger partial charge < -0.3 is 5.32 Å². The first-order chi connectivity index (χ1) is 12.8. The second kappa shape index (κ2) is 5.85. The predicted octanol–water partition coefficient (Wildman–Crippen LogP) is 4.70. The number of nitrogens with zero attached hydrogens (tertiary/aromatic N) is 1. The average Bonchev–Trinajstić information content (AvgIpc) is 3.11. The Morgan fingerprint density at radius 2 is 1.65 bits per heavy atom. The summed E-state index contributed by atoms with van der Waals surface area (Å²) in [5.74, 6) is 0.623. The molecule has 2 N–H and O–H groups in total. The summed E-state index contributed by atoms with van der Waals surface area (Å²) in [5, 5.41) is 12.8. The van der Waals surface area contributed by atoms with Crippen molar-refractivity contribution in [2.24, 2.45) is 0 Å². The van der Waals surface area contributed by atoms with E-state index in [4.69, 9.17) is 0 Å². The third-order valence-electron chi connectivity index (χ3n) is 5.04. The number of carbonyl (C=O) groups excluding carboxylic acids is 1. The molecule has 126 valence electrons. The highest BCUT2D eigenvalue weighted by atomic mass is 16.1. The number of fused-ring (bicyclic) bond motifs is 2. The van der Waals surface area contributed by atoms with E-state index in [1.807, 2.05) is 30.3 Å². The van der Waals surface area contributed by atoms with Gasteiger partial charge in [-0.2, -0.15) is 5.10 Å². The topological polar surface area (TPSA) is 57.8 Å². The van der Waals surface area contributed by atoms with E-state index < -0.39 is 0 Å². The average molecular weight is 339 g/mol. The summed E-state index contributed by atoms with van der Waals surface area (Å²) in [4.78, 5) is 12.3. The molecule has 4 heteroatoms. The summed E-state index contributed by atoms with van der Waals surface area (Å²) < 4.78 is 0. The molecule has 0 saturated carbocycles. The van der Waals surface area contributed by atoms with Gasteiger partial charge in [0.1, 0.15) is 0 Å². The standard InChI is InChI=1S/C22H17N3O/c26-19-13-18(17-11-10-14-6-4-5-9-16(14)12-17)20-21(24-25-22(20)23-19)15-7-2-1-3-8-15/h1-12,18H,13H2,(H2,23,24,25,26). The molecule has 1 atom stereocenters. The van der Waals surface area contributed by atoms with Crippen LogP contribution in [0.1, 0.15) is 23.5 Å².